The second kappa shape index (κ2) is 5.64. The van der Waals surface area contributed by atoms with E-state index in [1.165, 1.54) is 5.56 Å². The first-order valence-corrected chi connectivity index (χ1v) is 6.14. The number of aromatic nitrogens is 2. The molecule has 5 heteroatoms. The summed E-state index contributed by atoms with van der Waals surface area (Å²) in [4.78, 5) is 0. The molecule has 4 nitrogen and oxygen atoms in total. The van der Waals surface area contributed by atoms with E-state index in [0.717, 1.165) is 11.4 Å². The number of anilines is 1. The summed E-state index contributed by atoms with van der Waals surface area (Å²) in [6.45, 7) is 2.72. The molecule has 2 rings (SSSR count). The lowest BCUT2D eigenvalue weighted by atomic mass is 10.2. The highest BCUT2D eigenvalue weighted by Gasteiger charge is 2.00. The van der Waals surface area contributed by atoms with Crippen LogP contribution in [-0.4, -0.2) is 14.9 Å². The smallest absolute Gasteiger partial charge is 0.171 e. The number of nitrogens with zero attached hydrogens (tertiary/aromatic N) is 2. The number of benzene rings is 1. The van der Waals surface area contributed by atoms with Crippen molar-refractivity contribution in [2.45, 2.75) is 13.5 Å². The van der Waals surface area contributed by atoms with Gasteiger partial charge in [-0.3, -0.25) is 4.68 Å². The predicted molar refractivity (Wildman–Crippen MR) is 77.4 cm³/mol. The molecule has 0 aliphatic heterocycles. The van der Waals surface area contributed by atoms with Gasteiger partial charge in [0.05, 0.1) is 12.2 Å². The fourth-order valence-electron chi connectivity index (χ4n) is 1.56. The maximum Gasteiger partial charge on any atom is 0.171 e. The van der Waals surface area contributed by atoms with Gasteiger partial charge in [-0.2, -0.15) is 5.10 Å². The van der Waals surface area contributed by atoms with E-state index in [1.54, 1.807) is 6.20 Å². The quantitative estimate of drug-likeness (QED) is 0.830. The number of rotatable bonds is 3. The Balaban J connectivity index is 1.86. The zero-order valence-electron chi connectivity index (χ0n) is 10.5. The minimum atomic E-state index is 0.611. The van der Waals surface area contributed by atoms with E-state index in [-0.39, 0.29) is 0 Å². The summed E-state index contributed by atoms with van der Waals surface area (Å²) in [6.07, 6.45) is 1.77. The molecule has 0 spiro atoms. The lowest BCUT2D eigenvalue weighted by Crippen LogP contribution is -2.28. The summed E-state index contributed by atoms with van der Waals surface area (Å²) in [5.41, 5.74) is 3.31. The highest BCUT2D eigenvalue weighted by Crippen LogP contribution is 2.08. The van der Waals surface area contributed by atoms with Crippen LogP contribution < -0.4 is 10.6 Å². The van der Waals surface area contributed by atoms with Crippen molar-refractivity contribution < 1.29 is 0 Å². The summed E-state index contributed by atoms with van der Waals surface area (Å²) in [5, 5.41) is 11.0. The fourth-order valence-corrected chi connectivity index (χ4v) is 1.75. The van der Waals surface area contributed by atoms with Crippen LogP contribution in [0.2, 0.25) is 0 Å². The van der Waals surface area contributed by atoms with Crippen molar-refractivity contribution in [1.82, 2.24) is 15.1 Å². The molecule has 2 aromatic rings. The maximum absolute atomic E-state index is 5.23. The Bertz CT molecular complexity index is 530. The Labute approximate surface area is 112 Å². The average Bonchev–Trinajstić information content (AvgIpc) is 2.75. The molecule has 1 aromatic heterocycles. The largest absolute Gasteiger partial charge is 0.357 e. The van der Waals surface area contributed by atoms with E-state index in [1.807, 2.05) is 42.1 Å². The van der Waals surface area contributed by atoms with Crippen LogP contribution in [0.25, 0.3) is 0 Å². The van der Waals surface area contributed by atoms with E-state index in [0.29, 0.717) is 11.7 Å². The van der Waals surface area contributed by atoms with Crippen LogP contribution in [0.3, 0.4) is 0 Å². The molecule has 2 N–H and O–H groups in total. The molecule has 0 fully saturated rings. The van der Waals surface area contributed by atoms with Crippen LogP contribution >= 0.6 is 12.2 Å². The van der Waals surface area contributed by atoms with Crippen LogP contribution in [0.1, 0.15) is 11.3 Å². The van der Waals surface area contributed by atoms with E-state index < -0.39 is 0 Å². The molecule has 0 aliphatic rings. The summed E-state index contributed by atoms with van der Waals surface area (Å²) in [5.74, 6) is 0. The molecule has 0 saturated heterocycles. The molecule has 18 heavy (non-hydrogen) atoms. The number of hydrogen-bond acceptors (Lipinski definition) is 2. The zero-order valence-corrected chi connectivity index (χ0v) is 11.3. The van der Waals surface area contributed by atoms with Gasteiger partial charge in [0.1, 0.15) is 0 Å². The molecule has 1 heterocycles. The van der Waals surface area contributed by atoms with Crippen LogP contribution in [0.15, 0.2) is 36.5 Å². The molecule has 0 aliphatic carbocycles. The van der Waals surface area contributed by atoms with Gasteiger partial charge < -0.3 is 10.6 Å². The first-order chi connectivity index (χ1) is 8.65. The van der Waals surface area contributed by atoms with Gasteiger partial charge in [0, 0.05) is 18.9 Å². The summed E-state index contributed by atoms with van der Waals surface area (Å²) >= 11 is 5.23. The molecule has 94 valence electrons. The zero-order chi connectivity index (χ0) is 13.0. The van der Waals surface area contributed by atoms with Gasteiger partial charge in [0.2, 0.25) is 0 Å². The SMILES string of the molecule is Cc1ccc(NC(=S)NCc2ccnn2C)cc1. The molecule has 0 unspecified atom stereocenters. The maximum atomic E-state index is 5.23. The van der Waals surface area contributed by atoms with Gasteiger partial charge in [-0.25, -0.2) is 0 Å². The van der Waals surface area contributed by atoms with Crippen LogP contribution in [0, 0.1) is 6.92 Å². The van der Waals surface area contributed by atoms with Gasteiger partial charge in [0.25, 0.3) is 0 Å². The number of thiocarbonyl (C=S) groups is 1. The standard InChI is InChI=1S/C13H16N4S/c1-10-3-5-11(6-4-10)16-13(18)14-9-12-7-8-15-17(12)2/h3-8H,9H2,1-2H3,(H2,14,16,18). The minimum Gasteiger partial charge on any atom is -0.357 e. The Morgan fingerprint density at radius 3 is 2.61 bits per heavy atom. The molecule has 0 radical (unpaired) electrons. The molecule has 0 amide bonds. The highest BCUT2D eigenvalue weighted by molar-refractivity contribution is 7.80. The first kappa shape index (κ1) is 12.6. The van der Waals surface area contributed by atoms with E-state index >= 15 is 0 Å². The third-order valence-corrected chi connectivity index (χ3v) is 2.91. The number of hydrogen-bond donors (Lipinski definition) is 2. The summed E-state index contributed by atoms with van der Waals surface area (Å²) in [7, 11) is 1.91. The first-order valence-electron chi connectivity index (χ1n) is 5.73. The van der Waals surface area contributed by atoms with Crippen molar-refractivity contribution in [2.24, 2.45) is 7.05 Å². The van der Waals surface area contributed by atoms with Gasteiger partial charge in [-0.1, -0.05) is 17.7 Å². The van der Waals surface area contributed by atoms with Crippen molar-refractivity contribution in [2.75, 3.05) is 5.32 Å². The molecule has 1 aromatic carbocycles. The van der Waals surface area contributed by atoms with Crippen LogP contribution in [0.5, 0.6) is 0 Å². The Morgan fingerprint density at radius 1 is 1.28 bits per heavy atom. The lowest BCUT2D eigenvalue weighted by Gasteiger charge is -2.10. The van der Waals surface area contributed by atoms with Crippen molar-refractivity contribution >= 4 is 23.0 Å². The number of aryl methyl sites for hydroxylation is 2. The van der Waals surface area contributed by atoms with Crippen molar-refractivity contribution in [3.05, 3.63) is 47.8 Å². The fraction of sp³-hybridized carbons (Fsp3) is 0.231. The van der Waals surface area contributed by atoms with Crippen molar-refractivity contribution in [1.29, 1.82) is 0 Å². The predicted octanol–water partition coefficient (Wildman–Crippen LogP) is 2.22. The van der Waals surface area contributed by atoms with Gasteiger partial charge in [0.15, 0.2) is 5.11 Å². The molecule has 0 bridgehead atoms. The topological polar surface area (TPSA) is 41.9 Å². The third kappa shape index (κ3) is 3.30. The third-order valence-electron chi connectivity index (χ3n) is 2.66. The summed E-state index contributed by atoms with van der Waals surface area (Å²) < 4.78 is 1.82. The molecular formula is C13H16N4S. The average molecular weight is 260 g/mol. The number of nitrogens with one attached hydrogen (secondary N) is 2. The van der Waals surface area contributed by atoms with Gasteiger partial charge in [-0.15, -0.1) is 0 Å². The Kier molecular flexibility index (Phi) is 3.94. The van der Waals surface area contributed by atoms with Crippen molar-refractivity contribution in [3.63, 3.8) is 0 Å². The van der Waals surface area contributed by atoms with Crippen molar-refractivity contribution in [3.8, 4) is 0 Å². The normalized spacial score (nSPS) is 10.1. The second-order valence-electron chi connectivity index (χ2n) is 4.12. The van der Waals surface area contributed by atoms with Crippen LogP contribution in [0.4, 0.5) is 5.69 Å². The Hall–Kier alpha value is -1.88. The Morgan fingerprint density at radius 2 is 2.00 bits per heavy atom. The van der Waals surface area contributed by atoms with Gasteiger partial charge >= 0.3 is 0 Å². The van der Waals surface area contributed by atoms with E-state index in [2.05, 4.69) is 22.7 Å². The van der Waals surface area contributed by atoms with E-state index in [9.17, 15) is 0 Å². The minimum absolute atomic E-state index is 0.611. The van der Waals surface area contributed by atoms with E-state index in [4.69, 9.17) is 12.2 Å². The second-order valence-corrected chi connectivity index (χ2v) is 4.53. The summed E-state index contributed by atoms with van der Waals surface area (Å²) in [6, 6.07) is 10.1. The monoisotopic (exact) mass is 260 g/mol. The molecule has 0 saturated carbocycles. The lowest BCUT2D eigenvalue weighted by molar-refractivity contribution is 0.695. The molecular weight excluding hydrogens is 244 g/mol. The molecule has 0 atom stereocenters. The highest BCUT2D eigenvalue weighted by atomic mass is 32.1. The van der Waals surface area contributed by atoms with Crippen LogP contribution in [-0.2, 0) is 13.6 Å². The van der Waals surface area contributed by atoms with Gasteiger partial charge in [-0.05, 0) is 37.3 Å².